The number of fused-ring (bicyclic) bond motifs is 1. The largest absolute Gasteiger partial charge is 0.497 e. The van der Waals surface area contributed by atoms with Crippen LogP contribution in [0.4, 0.5) is 11.4 Å². The molecule has 9 nitrogen and oxygen atoms in total. The van der Waals surface area contributed by atoms with Gasteiger partial charge in [-0.2, -0.15) is 0 Å². The van der Waals surface area contributed by atoms with E-state index in [0.717, 1.165) is 50.1 Å². The SMILES string of the molecule is COc1ccc2cn(-c3csc(C(=O)Nc4cnccc4N4CCC5(CC4)CNC5)n3)c(O)c2c1. The van der Waals surface area contributed by atoms with Gasteiger partial charge in [-0.15, -0.1) is 11.3 Å². The van der Waals surface area contributed by atoms with Crippen molar-refractivity contribution in [1.82, 2.24) is 19.9 Å². The second kappa shape index (κ2) is 8.54. The molecular weight excluding hydrogens is 464 g/mol. The number of rotatable bonds is 5. The van der Waals surface area contributed by atoms with Gasteiger partial charge in [0.1, 0.15) is 5.75 Å². The maximum absolute atomic E-state index is 13.1. The van der Waals surface area contributed by atoms with Crippen LogP contribution in [0, 0.1) is 5.41 Å². The molecule has 0 unspecified atom stereocenters. The molecule has 35 heavy (non-hydrogen) atoms. The van der Waals surface area contributed by atoms with Gasteiger partial charge in [0, 0.05) is 54.7 Å². The number of carbonyl (C=O) groups is 1. The number of nitrogens with zero attached hydrogens (tertiary/aromatic N) is 4. The van der Waals surface area contributed by atoms with E-state index in [1.54, 1.807) is 41.7 Å². The quantitative estimate of drug-likeness (QED) is 0.392. The molecule has 10 heteroatoms. The van der Waals surface area contributed by atoms with E-state index in [0.29, 0.717) is 33.1 Å². The Labute approximate surface area is 206 Å². The molecule has 0 saturated carbocycles. The number of pyridine rings is 1. The maximum Gasteiger partial charge on any atom is 0.284 e. The number of carbonyl (C=O) groups excluding carboxylic acids is 1. The first-order valence-corrected chi connectivity index (χ1v) is 12.5. The summed E-state index contributed by atoms with van der Waals surface area (Å²) < 4.78 is 6.83. The molecule has 0 atom stereocenters. The Hall–Kier alpha value is -3.63. The van der Waals surface area contributed by atoms with Gasteiger partial charge in [-0.05, 0) is 42.5 Å². The van der Waals surface area contributed by atoms with Crippen LogP contribution < -0.4 is 20.3 Å². The maximum atomic E-state index is 13.1. The fourth-order valence-corrected chi connectivity index (χ4v) is 5.63. The molecule has 6 rings (SSSR count). The Morgan fingerprint density at radius 2 is 2.09 bits per heavy atom. The van der Waals surface area contributed by atoms with Gasteiger partial charge in [0.15, 0.2) is 10.8 Å². The number of nitrogens with one attached hydrogen (secondary N) is 2. The predicted molar refractivity (Wildman–Crippen MR) is 136 cm³/mol. The van der Waals surface area contributed by atoms with Crippen LogP contribution in [-0.2, 0) is 0 Å². The first kappa shape index (κ1) is 21.9. The molecule has 4 aromatic rings. The summed E-state index contributed by atoms with van der Waals surface area (Å²) in [6.07, 6.45) is 7.53. The predicted octanol–water partition coefficient (Wildman–Crippen LogP) is 3.64. The number of anilines is 2. The van der Waals surface area contributed by atoms with Crippen molar-refractivity contribution < 1.29 is 14.6 Å². The standard InChI is InChI=1S/C25H26N6O3S/c1-34-17-3-2-16-12-31(24(33)18(16)10-17)21-13-35-23(29-21)22(32)28-19-11-26-7-4-20(19)30-8-5-25(6-9-30)14-27-15-25/h2-4,7,10-13,27,33H,5-6,8-9,14-15H2,1H3,(H,28,32). The summed E-state index contributed by atoms with van der Waals surface area (Å²) in [4.78, 5) is 24.1. The molecule has 1 amide bonds. The van der Waals surface area contributed by atoms with Gasteiger partial charge in [-0.25, -0.2) is 4.98 Å². The molecule has 0 bridgehead atoms. The molecule has 1 aromatic carbocycles. The van der Waals surface area contributed by atoms with Gasteiger partial charge < -0.3 is 25.4 Å². The summed E-state index contributed by atoms with van der Waals surface area (Å²) >= 11 is 1.23. The van der Waals surface area contributed by atoms with Crippen LogP contribution in [0.2, 0.25) is 0 Å². The van der Waals surface area contributed by atoms with Gasteiger partial charge in [0.2, 0.25) is 5.88 Å². The third-order valence-electron chi connectivity index (χ3n) is 7.14. The zero-order valence-corrected chi connectivity index (χ0v) is 20.1. The van der Waals surface area contributed by atoms with Crippen LogP contribution in [0.1, 0.15) is 22.6 Å². The molecule has 5 heterocycles. The Morgan fingerprint density at radius 1 is 1.26 bits per heavy atom. The molecule has 3 N–H and O–H groups in total. The lowest BCUT2D eigenvalue weighted by Crippen LogP contribution is -2.58. The van der Waals surface area contributed by atoms with Crippen molar-refractivity contribution in [2.75, 3.05) is 43.5 Å². The molecular formula is C25H26N6O3S. The third kappa shape index (κ3) is 3.88. The first-order valence-electron chi connectivity index (χ1n) is 11.6. The second-order valence-electron chi connectivity index (χ2n) is 9.22. The van der Waals surface area contributed by atoms with E-state index >= 15 is 0 Å². The fraction of sp³-hybridized carbons (Fsp3) is 0.320. The number of ether oxygens (including phenoxy) is 1. The molecule has 3 aromatic heterocycles. The zero-order valence-electron chi connectivity index (χ0n) is 19.3. The van der Waals surface area contributed by atoms with Gasteiger partial charge >= 0.3 is 0 Å². The van der Waals surface area contributed by atoms with Crippen molar-refractivity contribution in [1.29, 1.82) is 0 Å². The van der Waals surface area contributed by atoms with E-state index < -0.39 is 0 Å². The molecule has 2 aliphatic heterocycles. The summed E-state index contributed by atoms with van der Waals surface area (Å²) in [5, 5.41) is 20.7. The molecule has 1 spiro atoms. The van der Waals surface area contributed by atoms with Crippen molar-refractivity contribution in [3.8, 4) is 17.4 Å². The highest BCUT2D eigenvalue weighted by Crippen LogP contribution is 2.38. The van der Waals surface area contributed by atoms with Gasteiger partial charge in [0.25, 0.3) is 5.91 Å². The van der Waals surface area contributed by atoms with Gasteiger partial charge in [-0.1, -0.05) is 0 Å². The normalized spacial score (nSPS) is 16.9. The molecule has 0 radical (unpaired) electrons. The minimum absolute atomic E-state index is 0.0511. The Bertz CT molecular complexity index is 1400. The molecule has 180 valence electrons. The van der Waals surface area contributed by atoms with Crippen LogP contribution in [0.15, 0.2) is 48.2 Å². The van der Waals surface area contributed by atoms with E-state index in [9.17, 15) is 9.90 Å². The third-order valence-corrected chi connectivity index (χ3v) is 7.97. The Morgan fingerprint density at radius 3 is 2.83 bits per heavy atom. The highest BCUT2D eigenvalue weighted by molar-refractivity contribution is 7.12. The van der Waals surface area contributed by atoms with E-state index in [2.05, 4.69) is 25.5 Å². The van der Waals surface area contributed by atoms with E-state index in [-0.39, 0.29) is 11.8 Å². The zero-order chi connectivity index (χ0) is 24.0. The van der Waals surface area contributed by atoms with Crippen LogP contribution in [-0.4, -0.2) is 58.8 Å². The highest BCUT2D eigenvalue weighted by atomic mass is 32.1. The Balaban J connectivity index is 1.21. The van der Waals surface area contributed by atoms with Crippen molar-refractivity contribution in [2.24, 2.45) is 5.41 Å². The van der Waals surface area contributed by atoms with Crippen LogP contribution in [0.3, 0.4) is 0 Å². The number of hydrogen-bond acceptors (Lipinski definition) is 8. The number of amides is 1. The summed E-state index contributed by atoms with van der Waals surface area (Å²) in [6, 6.07) is 7.44. The number of aromatic hydroxyl groups is 1. The average Bonchev–Trinajstić information content (AvgIpc) is 3.48. The van der Waals surface area contributed by atoms with Crippen LogP contribution in [0.25, 0.3) is 16.6 Å². The second-order valence-corrected chi connectivity index (χ2v) is 10.1. The molecule has 2 aliphatic rings. The highest BCUT2D eigenvalue weighted by Gasteiger charge is 2.39. The lowest BCUT2D eigenvalue weighted by molar-refractivity contribution is 0.102. The number of aromatic nitrogens is 3. The lowest BCUT2D eigenvalue weighted by Gasteiger charge is -2.49. The van der Waals surface area contributed by atoms with E-state index in [1.807, 2.05) is 18.2 Å². The minimum Gasteiger partial charge on any atom is -0.497 e. The smallest absolute Gasteiger partial charge is 0.284 e. The van der Waals surface area contributed by atoms with Crippen molar-refractivity contribution in [2.45, 2.75) is 12.8 Å². The number of methoxy groups -OCH3 is 1. The van der Waals surface area contributed by atoms with Crippen molar-refractivity contribution in [3.05, 3.63) is 53.2 Å². The van der Waals surface area contributed by atoms with Crippen LogP contribution in [0.5, 0.6) is 11.6 Å². The summed E-state index contributed by atoms with van der Waals surface area (Å²) in [7, 11) is 1.59. The Kier molecular flexibility index (Phi) is 5.34. The number of hydrogen-bond donors (Lipinski definition) is 3. The van der Waals surface area contributed by atoms with Gasteiger partial charge in [0.05, 0.1) is 24.7 Å². The number of piperidine rings is 1. The molecule has 2 fully saturated rings. The summed E-state index contributed by atoms with van der Waals surface area (Å²) in [6.45, 7) is 4.13. The first-order chi connectivity index (χ1) is 17.0. The van der Waals surface area contributed by atoms with E-state index in [1.165, 1.54) is 11.3 Å². The van der Waals surface area contributed by atoms with E-state index in [4.69, 9.17) is 4.74 Å². The lowest BCUT2D eigenvalue weighted by atomic mass is 9.73. The summed E-state index contributed by atoms with van der Waals surface area (Å²) in [5.41, 5.74) is 2.11. The molecule has 0 aliphatic carbocycles. The minimum atomic E-state index is -0.301. The average molecular weight is 491 g/mol. The van der Waals surface area contributed by atoms with Crippen LogP contribution >= 0.6 is 11.3 Å². The van der Waals surface area contributed by atoms with Crippen molar-refractivity contribution >= 4 is 39.4 Å². The van der Waals surface area contributed by atoms with Crippen molar-refractivity contribution in [3.63, 3.8) is 0 Å². The number of thiazole rings is 1. The molecule has 2 saturated heterocycles. The fourth-order valence-electron chi connectivity index (χ4n) is 4.94. The number of benzene rings is 1. The van der Waals surface area contributed by atoms with Gasteiger partial charge in [-0.3, -0.25) is 14.3 Å². The monoisotopic (exact) mass is 490 g/mol. The summed E-state index contributed by atoms with van der Waals surface area (Å²) in [5.74, 6) is 0.888. The topological polar surface area (TPSA) is 105 Å².